The van der Waals surface area contributed by atoms with E-state index in [1.165, 1.54) is 6.07 Å². The monoisotopic (exact) mass is 251 g/mol. The lowest BCUT2D eigenvalue weighted by Crippen LogP contribution is -2.49. The Labute approximate surface area is 109 Å². The van der Waals surface area contributed by atoms with Crippen molar-refractivity contribution in [3.8, 4) is 0 Å². The molecule has 1 N–H and O–H groups in total. The molecule has 0 amide bonds. The first-order valence-electron chi connectivity index (χ1n) is 6.62. The molecule has 1 saturated heterocycles. The molecule has 0 saturated carbocycles. The van der Waals surface area contributed by atoms with Crippen molar-refractivity contribution in [3.63, 3.8) is 0 Å². The lowest BCUT2D eigenvalue weighted by atomic mass is 9.91. The molecule has 1 aromatic carbocycles. The summed E-state index contributed by atoms with van der Waals surface area (Å²) >= 11 is 0. The van der Waals surface area contributed by atoms with Crippen LogP contribution >= 0.6 is 0 Å². The van der Waals surface area contributed by atoms with Gasteiger partial charge in [0.1, 0.15) is 5.82 Å². The molecule has 0 bridgehead atoms. The molecule has 100 valence electrons. The van der Waals surface area contributed by atoms with Crippen molar-refractivity contribution in [2.75, 3.05) is 13.1 Å². The van der Waals surface area contributed by atoms with Gasteiger partial charge in [-0.2, -0.15) is 0 Å². The van der Waals surface area contributed by atoms with E-state index >= 15 is 0 Å². The van der Waals surface area contributed by atoms with E-state index in [1.807, 2.05) is 6.07 Å². The van der Waals surface area contributed by atoms with Gasteiger partial charge in [0.25, 0.3) is 0 Å². The third kappa shape index (κ3) is 3.30. The van der Waals surface area contributed by atoms with Gasteiger partial charge in [-0.3, -0.25) is 0 Å². The Morgan fingerprint density at radius 3 is 2.94 bits per heavy atom. The van der Waals surface area contributed by atoms with Crippen LogP contribution in [-0.4, -0.2) is 18.7 Å². The molecule has 3 heteroatoms. The van der Waals surface area contributed by atoms with Gasteiger partial charge in [0.2, 0.25) is 0 Å². The van der Waals surface area contributed by atoms with Gasteiger partial charge in [-0.15, -0.1) is 0 Å². The molecule has 0 spiro atoms. The van der Waals surface area contributed by atoms with Crippen LogP contribution in [0.25, 0.3) is 0 Å². The fraction of sp³-hybridized carbons (Fsp3) is 0.600. The maximum absolute atomic E-state index is 13.2. The zero-order valence-electron chi connectivity index (χ0n) is 11.4. The fourth-order valence-corrected chi connectivity index (χ4v) is 2.77. The van der Waals surface area contributed by atoms with Gasteiger partial charge in [0, 0.05) is 13.1 Å². The van der Waals surface area contributed by atoms with Crippen LogP contribution in [0.1, 0.15) is 38.9 Å². The van der Waals surface area contributed by atoms with E-state index in [0.29, 0.717) is 5.92 Å². The highest BCUT2D eigenvalue weighted by Crippen LogP contribution is 2.31. The van der Waals surface area contributed by atoms with Crippen LogP contribution in [0.5, 0.6) is 0 Å². The topological polar surface area (TPSA) is 21.3 Å². The summed E-state index contributed by atoms with van der Waals surface area (Å²) in [5.74, 6) is 0.385. The smallest absolute Gasteiger partial charge is 0.123 e. The Kier molecular flexibility index (Phi) is 4.03. The zero-order chi connectivity index (χ0) is 13.2. The Bertz CT molecular complexity index is 407. The maximum Gasteiger partial charge on any atom is 0.123 e. The molecule has 1 aliphatic heterocycles. The molecular weight excluding hydrogens is 229 g/mol. The first-order valence-corrected chi connectivity index (χ1v) is 6.62. The number of ether oxygens (including phenoxy) is 1. The van der Waals surface area contributed by atoms with Crippen molar-refractivity contribution in [2.24, 2.45) is 5.92 Å². The average Bonchev–Trinajstić information content (AvgIpc) is 2.27. The van der Waals surface area contributed by atoms with Crippen molar-refractivity contribution in [2.45, 2.75) is 38.9 Å². The number of nitrogens with one attached hydrogen (secondary N) is 1. The molecule has 18 heavy (non-hydrogen) atoms. The van der Waals surface area contributed by atoms with E-state index < -0.39 is 0 Å². The number of halogens is 1. The second-order valence-electron chi connectivity index (χ2n) is 5.84. The van der Waals surface area contributed by atoms with E-state index in [-0.39, 0.29) is 17.5 Å². The minimum atomic E-state index is -0.202. The number of benzene rings is 1. The predicted molar refractivity (Wildman–Crippen MR) is 71.0 cm³/mol. The minimum absolute atomic E-state index is 0.0572. The molecule has 1 fully saturated rings. The van der Waals surface area contributed by atoms with Crippen LogP contribution in [0.4, 0.5) is 4.39 Å². The SMILES string of the molecule is CC(C)CC1(C)CNCC(c2cccc(F)c2)O1. The molecule has 2 rings (SSSR count). The molecule has 0 aliphatic carbocycles. The quantitative estimate of drug-likeness (QED) is 0.890. The number of hydrogen-bond donors (Lipinski definition) is 1. The average molecular weight is 251 g/mol. The minimum Gasteiger partial charge on any atom is -0.365 e. The van der Waals surface area contributed by atoms with Crippen LogP contribution in [0, 0.1) is 11.7 Å². The largest absolute Gasteiger partial charge is 0.365 e. The van der Waals surface area contributed by atoms with E-state index in [9.17, 15) is 4.39 Å². The summed E-state index contributed by atoms with van der Waals surface area (Å²) < 4.78 is 19.4. The van der Waals surface area contributed by atoms with Gasteiger partial charge in [0.05, 0.1) is 11.7 Å². The van der Waals surface area contributed by atoms with Crippen LogP contribution in [0.2, 0.25) is 0 Å². The molecular formula is C15H22FNO. The molecule has 2 nitrogen and oxygen atoms in total. The second kappa shape index (κ2) is 5.37. The summed E-state index contributed by atoms with van der Waals surface area (Å²) in [6.45, 7) is 8.13. The Balaban J connectivity index is 2.11. The first-order chi connectivity index (χ1) is 8.48. The van der Waals surface area contributed by atoms with Gasteiger partial charge in [-0.05, 0) is 37.0 Å². The standard InChI is InChI=1S/C15H22FNO/c1-11(2)8-15(3)10-17-9-14(18-15)12-5-4-6-13(16)7-12/h4-7,11,14,17H,8-10H2,1-3H3. The summed E-state index contributed by atoms with van der Waals surface area (Å²) in [6, 6.07) is 6.69. The van der Waals surface area contributed by atoms with Crippen molar-refractivity contribution in [3.05, 3.63) is 35.6 Å². The van der Waals surface area contributed by atoms with Gasteiger partial charge in [-0.25, -0.2) is 4.39 Å². The van der Waals surface area contributed by atoms with Crippen LogP contribution in [0.15, 0.2) is 24.3 Å². The summed E-state index contributed by atoms with van der Waals surface area (Å²) in [6.07, 6.45) is 0.949. The highest BCUT2D eigenvalue weighted by molar-refractivity contribution is 5.20. The van der Waals surface area contributed by atoms with Crippen molar-refractivity contribution >= 4 is 0 Å². The van der Waals surface area contributed by atoms with Crippen LogP contribution < -0.4 is 5.32 Å². The van der Waals surface area contributed by atoms with E-state index in [1.54, 1.807) is 12.1 Å². The zero-order valence-corrected chi connectivity index (χ0v) is 11.4. The van der Waals surface area contributed by atoms with Gasteiger partial charge < -0.3 is 10.1 Å². The highest BCUT2D eigenvalue weighted by Gasteiger charge is 2.34. The first kappa shape index (κ1) is 13.5. The molecule has 1 heterocycles. The molecule has 0 aromatic heterocycles. The number of hydrogen-bond acceptors (Lipinski definition) is 2. The summed E-state index contributed by atoms with van der Waals surface area (Å²) in [4.78, 5) is 0. The Hall–Kier alpha value is -0.930. The molecule has 2 unspecified atom stereocenters. The molecule has 1 aliphatic rings. The lowest BCUT2D eigenvalue weighted by Gasteiger charge is -2.40. The summed E-state index contributed by atoms with van der Waals surface area (Å²) in [5, 5.41) is 3.40. The van der Waals surface area contributed by atoms with E-state index in [0.717, 1.165) is 25.1 Å². The normalized spacial score (nSPS) is 28.6. The third-order valence-corrected chi connectivity index (χ3v) is 3.32. The van der Waals surface area contributed by atoms with Gasteiger partial charge >= 0.3 is 0 Å². The summed E-state index contributed by atoms with van der Waals surface area (Å²) in [5.41, 5.74) is 0.751. The van der Waals surface area contributed by atoms with Crippen molar-refractivity contribution in [1.29, 1.82) is 0 Å². The molecule has 0 radical (unpaired) electrons. The Morgan fingerprint density at radius 2 is 2.28 bits per heavy atom. The number of morpholine rings is 1. The molecule has 1 aromatic rings. The van der Waals surface area contributed by atoms with Crippen LogP contribution in [-0.2, 0) is 4.74 Å². The van der Waals surface area contributed by atoms with E-state index in [2.05, 4.69) is 26.1 Å². The lowest BCUT2D eigenvalue weighted by molar-refractivity contribution is -0.117. The fourth-order valence-electron chi connectivity index (χ4n) is 2.77. The summed E-state index contributed by atoms with van der Waals surface area (Å²) in [7, 11) is 0. The van der Waals surface area contributed by atoms with Crippen LogP contribution in [0.3, 0.4) is 0 Å². The van der Waals surface area contributed by atoms with Gasteiger partial charge in [-0.1, -0.05) is 26.0 Å². The van der Waals surface area contributed by atoms with E-state index in [4.69, 9.17) is 4.74 Å². The Morgan fingerprint density at radius 1 is 1.50 bits per heavy atom. The van der Waals surface area contributed by atoms with Gasteiger partial charge in [0.15, 0.2) is 0 Å². The second-order valence-corrected chi connectivity index (χ2v) is 5.84. The maximum atomic E-state index is 13.2. The predicted octanol–water partition coefficient (Wildman–Crippen LogP) is 3.29. The third-order valence-electron chi connectivity index (χ3n) is 3.32. The highest BCUT2D eigenvalue weighted by atomic mass is 19.1. The molecule has 2 atom stereocenters. The van der Waals surface area contributed by atoms with Crippen molar-refractivity contribution in [1.82, 2.24) is 5.32 Å². The van der Waals surface area contributed by atoms with Crippen molar-refractivity contribution < 1.29 is 9.13 Å². The number of rotatable bonds is 3.